The number of carbonyl (C=O) groups excluding carboxylic acids is 1. The zero-order valence-corrected chi connectivity index (χ0v) is 17.4. The van der Waals surface area contributed by atoms with Gasteiger partial charge in [-0.3, -0.25) is 4.79 Å². The summed E-state index contributed by atoms with van der Waals surface area (Å²) < 4.78 is 2.17. The maximum Gasteiger partial charge on any atom is 0.223 e. The lowest BCUT2D eigenvalue weighted by Crippen LogP contribution is -2.36. The summed E-state index contributed by atoms with van der Waals surface area (Å²) in [6.07, 6.45) is 3.66. The quantitative estimate of drug-likeness (QED) is 0.453. The summed E-state index contributed by atoms with van der Waals surface area (Å²) in [5.74, 6) is 0.330. The van der Waals surface area contributed by atoms with Crippen LogP contribution in [-0.2, 0) is 24.8 Å². The predicted octanol–water partition coefficient (Wildman–Crippen LogP) is 5.35. The number of nitrogens with zero attached hydrogens (tertiary/aromatic N) is 2. The third-order valence-electron chi connectivity index (χ3n) is 6.05. The third kappa shape index (κ3) is 3.38. The second kappa shape index (κ2) is 7.53. The van der Waals surface area contributed by atoms with Crippen molar-refractivity contribution in [1.82, 2.24) is 9.47 Å². The zero-order valence-electron chi connectivity index (χ0n) is 16.5. The number of aryl methyl sites for hydroxylation is 1. The molecule has 3 heterocycles. The molecule has 0 spiro atoms. The molecular formula is C25H24N2OS. The van der Waals surface area contributed by atoms with Crippen LogP contribution in [-0.4, -0.2) is 21.9 Å². The number of amides is 1. The van der Waals surface area contributed by atoms with Gasteiger partial charge in [0.1, 0.15) is 0 Å². The average Bonchev–Trinajstić information content (AvgIpc) is 3.40. The zero-order chi connectivity index (χ0) is 19.8. The van der Waals surface area contributed by atoms with Gasteiger partial charge in [-0.2, -0.15) is 0 Å². The highest BCUT2D eigenvalue weighted by atomic mass is 32.1. The summed E-state index contributed by atoms with van der Waals surface area (Å²) >= 11 is 1.74. The Bertz CT molecular complexity index is 1160. The van der Waals surface area contributed by atoms with E-state index in [-0.39, 0.29) is 11.8 Å². The van der Waals surface area contributed by atoms with Crippen LogP contribution in [0.15, 0.2) is 72.2 Å². The van der Waals surface area contributed by atoms with Gasteiger partial charge in [-0.25, -0.2) is 0 Å². The number of thiophene rings is 1. The topological polar surface area (TPSA) is 25.2 Å². The van der Waals surface area contributed by atoms with Gasteiger partial charge in [-0.05, 0) is 40.6 Å². The Hall–Kier alpha value is -2.85. The lowest BCUT2D eigenvalue weighted by atomic mass is 9.92. The molecule has 1 unspecified atom stereocenters. The second-order valence-electron chi connectivity index (χ2n) is 7.82. The van der Waals surface area contributed by atoms with E-state index in [1.54, 1.807) is 11.3 Å². The van der Waals surface area contributed by atoms with Crippen molar-refractivity contribution in [2.24, 2.45) is 7.05 Å². The Balaban J connectivity index is 1.46. The highest BCUT2D eigenvalue weighted by Crippen LogP contribution is 2.37. The first-order valence-corrected chi connectivity index (χ1v) is 11.0. The first-order chi connectivity index (χ1) is 14.2. The molecule has 1 aliphatic heterocycles. The van der Waals surface area contributed by atoms with E-state index in [9.17, 15) is 4.79 Å². The molecule has 0 aliphatic carbocycles. The lowest BCUT2D eigenvalue weighted by molar-refractivity contribution is -0.132. The van der Waals surface area contributed by atoms with Gasteiger partial charge in [0.25, 0.3) is 0 Å². The van der Waals surface area contributed by atoms with Gasteiger partial charge in [0.15, 0.2) is 0 Å². The minimum Gasteiger partial charge on any atom is -0.350 e. The monoisotopic (exact) mass is 400 g/mol. The molecule has 2 aromatic carbocycles. The van der Waals surface area contributed by atoms with Crippen LogP contribution < -0.4 is 0 Å². The minimum atomic E-state index is 0.0887. The van der Waals surface area contributed by atoms with Gasteiger partial charge in [-0.1, -0.05) is 48.5 Å². The van der Waals surface area contributed by atoms with Crippen LogP contribution in [0.4, 0.5) is 0 Å². The standard InChI is InChI=1S/C25H24N2OS/c1-26-17-22(20-9-4-5-10-23(20)26)21(24-11-6-14-29-24)15-25(28)27-13-12-18-7-2-3-8-19(18)16-27/h2-11,14,17,21H,12-13,15-16H2,1H3. The van der Waals surface area contributed by atoms with E-state index < -0.39 is 0 Å². The molecule has 146 valence electrons. The summed E-state index contributed by atoms with van der Waals surface area (Å²) in [6, 6.07) is 21.2. The lowest BCUT2D eigenvalue weighted by Gasteiger charge is -2.30. The third-order valence-corrected chi connectivity index (χ3v) is 7.04. The number of aromatic nitrogens is 1. The number of hydrogen-bond acceptors (Lipinski definition) is 2. The number of fused-ring (bicyclic) bond motifs is 2. The number of carbonyl (C=O) groups is 1. The van der Waals surface area contributed by atoms with Crippen molar-refractivity contribution in [1.29, 1.82) is 0 Å². The van der Waals surface area contributed by atoms with Gasteiger partial charge >= 0.3 is 0 Å². The van der Waals surface area contributed by atoms with Gasteiger partial charge < -0.3 is 9.47 Å². The maximum atomic E-state index is 13.4. The van der Waals surface area contributed by atoms with Crippen molar-refractivity contribution in [2.75, 3.05) is 6.54 Å². The van der Waals surface area contributed by atoms with Gasteiger partial charge in [0.05, 0.1) is 0 Å². The van der Waals surface area contributed by atoms with Crippen molar-refractivity contribution >= 4 is 28.1 Å². The molecule has 5 rings (SSSR count). The minimum absolute atomic E-state index is 0.0887. The first-order valence-electron chi connectivity index (χ1n) is 10.1. The summed E-state index contributed by atoms with van der Waals surface area (Å²) in [4.78, 5) is 16.6. The number of para-hydroxylation sites is 1. The van der Waals surface area contributed by atoms with Crippen molar-refractivity contribution < 1.29 is 4.79 Å². The molecule has 2 aromatic heterocycles. The largest absolute Gasteiger partial charge is 0.350 e. The molecule has 1 amide bonds. The van der Waals surface area contributed by atoms with Crippen molar-refractivity contribution in [3.05, 3.63) is 93.8 Å². The van der Waals surface area contributed by atoms with Crippen molar-refractivity contribution in [3.63, 3.8) is 0 Å². The van der Waals surface area contributed by atoms with E-state index in [1.165, 1.54) is 32.5 Å². The molecule has 1 atom stereocenters. The fourth-order valence-electron chi connectivity index (χ4n) is 4.52. The Labute approximate surface area is 175 Å². The van der Waals surface area contributed by atoms with Gasteiger partial charge in [0, 0.05) is 54.5 Å². The Morgan fingerprint density at radius 1 is 1.03 bits per heavy atom. The van der Waals surface area contributed by atoms with E-state index in [0.29, 0.717) is 6.42 Å². The van der Waals surface area contributed by atoms with Crippen molar-refractivity contribution in [2.45, 2.75) is 25.3 Å². The number of hydrogen-bond donors (Lipinski definition) is 0. The highest BCUT2D eigenvalue weighted by molar-refractivity contribution is 7.10. The Kier molecular flexibility index (Phi) is 4.72. The SMILES string of the molecule is Cn1cc(C(CC(=O)N2CCc3ccccc3C2)c2cccs2)c2ccccc21. The molecule has 0 bridgehead atoms. The molecule has 0 radical (unpaired) electrons. The van der Waals surface area contributed by atoms with Gasteiger partial charge in [0.2, 0.25) is 5.91 Å². The number of rotatable bonds is 4. The molecule has 3 nitrogen and oxygen atoms in total. The molecule has 0 fully saturated rings. The van der Waals surface area contributed by atoms with Crippen LogP contribution in [0.3, 0.4) is 0 Å². The van der Waals surface area contributed by atoms with E-state index in [0.717, 1.165) is 19.5 Å². The fraction of sp³-hybridized carbons (Fsp3) is 0.240. The van der Waals surface area contributed by atoms with Crippen molar-refractivity contribution in [3.8, 4) is 0 Å². The van der Waals surface area contributed by atoms with E-state index >= 15 is 0 Å². The van der Waals surface area contributed by atoms with Crippen LogP contribution in [0, 0.1) is 0 Å². The predicted molar refractivity (Wildman–Crippen MR) is 119 cm³/mol. The molecule has 1 aliphatic rings. The highest BCUT2D eigenvalue weighted by Gasteiger charge is 2.27. The van der Waals surface area contributed by atoms with E-state index in [1.807, 2.05) is 4.90 Å². The van der Waals surface area contributed by atoms with Crippen LogP contribution in [0.25, 0.3) is 10.9 Å². The molecular weight excluding hydrogens is 376 g/mol. The maximum absolute atomic E-state index is 13.4. The molecule has 4 heteroatoms. The summed E-state index contributed by atoms with van der Waals surface area (Å²) in [5, 5.41) is 3.35. The molecule has 4 aromatic rings. The van der Waals surface area contributed by atoms with Gasteiger partial charge in [-0.15, -0.1) is 11.3 Å². The van der Waals surface area contributed by atoms with Crippen LogP contribution in [0.2, 0.25) is 0 Å². The Morgan fingerprint density at radius 2 is 1.83 bits per heavy atom. The first kappa shape index (κ1) is 18.2. The summed E-state index contributed by atoms with van der Waals surface area (Å²) in [6.45, 7) is 1.53. The molecule has 29 heavy (non-hydrogen) atoms. The normalized spacial score (nSPS) is 14.7. The Morgan fingerprint density at radius 3 is 2.66 bits per heavy atom. The summed E-state index contributed by atoms with van der Waals surface area (Å²) in [7, 11) is 2.08. The van der Waals surface area contributed by atoms with E-state index in [4.69, 9.17) is 0 Å². The molecule has 0 saturated heterocycles. The summed E-state index contributed by atoms with van der Waals surface area (Å²) in [5.41, 5.74) is 5.12. The fourth-order valence-corrected chi connectivity index (χ4v) is 5.36. The average molecular weight is 401 g/mol. The molecule has 0 N–H and O–H groups in total. The van der Waals surface area contributed by atoms with Crippen LogP contribution in [0.5, 0.6) is 0 Å². The smallest absolute Gasteiger partial charge is 0.223 e. The number of benzene rings is 2. The van der Waals surface area contributed by atoms with Crippen LogP contribution in [0.1, 0.15) is 33.9 Å². The van der Waals surface area contributed by atoms with Crippen LogP contribution >= 0.6 is 11.3 Å². The second-order valence-corrected chi connectivity index (χ2v) is 8.80. The van der Waals surface area contributed by atoms with E-state index in [2.05, 4.69) is 83.9 Å². The molecule has 0 saturated carbocycles.